The van der Waals surface area contributed by atoms with Gasteiger partial charge in [0.15, 0.2) is 0 Å². The minimum atomic E-state index is 0.757. The van der Waals surface area contributed by atoms with Gasteiger partial charge >= 0.3 is 0 Å². The quantitative estimate of drug-likeness (QED) is 0.832. The third-order valence-electron chi connectivity index (χ3n) is 3.26. The van der Waals surface area contributed by atoms with Gasteiger partial charge in [-0.15, -0.1) is 11.3 Å². The molecule has 1 aliphatic carbocycles. The maximum Gasteiger partial charge on any atom is 0.0794 e. The molecule has 84 valence electrons. The average Bonchev–Trinajstić information content (AvgIpc) is 2.87. The van der Waals surface area contributed by atoms with Gasteiger partial charge in [0.2, 0.25) is 0 Å². The second-order valence-corrected chi connectivity index (χ2v) is 5.39. The molecule has 2 unspecified atom stereocenters. The van der Waals surface area contributed by atoms with Crippen molar-refractivity contribution in [1.29, 1.82) is 0 Å². The Kier molecular flexibility index (Phi) is 4.15. The molecule has 0 bridgehead atoms. The summed E-state index contributed by atoms with van der Waals surface area (Å²) in [5, 5.41) is 3.68. The molecule has 3 heteroatoms. The van der Waals surface area contributed by atoms with Gasteiger partial charge in [-0.1, -0.05) is 13.3 Å². The minimum Gasteiger partial charge on any atom is -0.314 e. The first kappa shape index (κ1) is 11.1. The van der Waals surface area contributed by atoms with E-state index in [1.54, 1.807) is 11.3 Å². The maximum absolute atomic E-state index is 4.15. The number of nitrogens with zero attached hydrogens (tertiary/aromatic N) is 1. The summed E-state index contributed by atoms with van der Waals surface area (Å²) in [6.45, 7) is 3.41. The van der Waals surface area contributed by atoms with E-state index in [-0.39, 0.29) is 0 Å². The fourth-order valence-corrected chi connectivity index (χ4v) is 3.17. The first-order valence-corrected chi connectivity index (χ1v) is 6.89. The van der Waals surface area contributed by atoms with Crippen molar-refractivity contribution >= 4 is 11.3 Å². The molecule has 0 saturated heterocycles. The average molecular weight is 224 g/mol. The summed E-state index contributed by atoms with van der Waals surface area (Å²) in [5.41, 5.74) is 1.94. The van der Waals surface area contributed by atoms with Crippen molar-refractivity contribution in [1.82, 2.24) is 10.3 Å². The van der Waals surface area contributed by atoms with E-state index in [2.05, 4.69) is 17.2 Å². The molecular formula is C12H20N2S. The number of hydrogen-bond acceptors (Lipinski definition) is 3. The van der Waals surface area contributed by atoms with Crippen molar-refractivity contribution < 1.29 is 0 Å². The van der Waals surface area contributed by atoms with Gasteiger partial charge in [-0.3, -0.25) is 4.98 Å². The lowest BCUT2D eigenvalue weighted by atomic mass is 9.99. The Balaban J connectivity index is 1.85. The van der Waals surface area contributed by atoms with E-state index in [0.29, 0.717) is 0 Å². The molecule has 0 amide bonds. The fraction of sp³-hybridized carbons (Fsp3) is 0.750. The highest BCUT2D eigenvalue weighted by molar-refractivity contribution is 7.09. The first-order chi connectivity index (χ1) is 7.40. The van der Waals surface area contributed by atoms with Crippen LogP contribution in [0.5, 0.6) is 0 Å². The van der Waals surface area contributed by atoms with Crippen molar-refractivity contribution in [2.75, 3.05) is 6.54 Å². The SMILES string of the molecule is CCCNC1CCCC1Cc1cncs1. The standard InChI is InChI=1S/C12H20N2S/c1-2-6-14-12-5-3-4-10(12)7-11-8-13-9-15-11/h8-10,12,14H,2-7H2,1H3. The molecular weight excluding hydrogens is 204 g/mol. The predicted octanol–water partition coefficient (Wildman–Crippen LogP) is 2.85. The van der Waals surface area contributed by atoms with Crippen LogP contribution in [0.15, 0.2) is 11.7 Å². The molecule has 1 heterocycles. The van der Waals surface area contributed by atoms with Crippen LogP contribution in [0.1, 0.15) is 37.5 Å². The van der Waals surface area contributed by atoms with Gasteiger partial charge in [-0.05, 0) is 38.1 Å². The molecule has 2 atom stereocenters. The number of thiazole rings is 1. The molecule has 0 aromatic carbocycles. The molecule has 1 N–H and O–H groups in total. The van der Waals surface area contributed by atoms with Gasteiger partial charge in [-0.2, -0.15) is 0 Å². The summed E-state index contributed by atoms with van der Waals surface area (Å²) < 4.78 is 0. The summed E-state index contributed by atoms with van der Waals surface area (Å²) in [6.07, 6.45) is 8.64. The van der Waals surface area contributed by atoms with Gasteiger partial charge in [0.1, 0.15) is 0 Å². The zero-order valence-corrected chi connectivity index (χ0v) is 10.2. The smallest absolute Gasteiger partial charge is 0.0794 e. The summed E-state index contributed by atoms with van der Waals surface area (Å²) in [7, 11) is 0. The van der Waals surface area contributed by atoms with Gasteiger partial charge in [-0.25, -0.2) is 0 Å². The highest BCUT2D eigenvalue weighted by Gasteiger charge is 2.26. The van der Waals surface area contributed by atoms with Crippen molar-refractivity contribution in [3.8, 4) is 0 Å². The van der Waals surface area contributed by atoms with E-state index >= 15 is 0 Å². The number of nitrogens with one attached hydrogen (secondary N) is 1. The largest absolute Gasteiger partial charge is 0.314 e. The highest BCUT2D eigenvalue weighted by Crippen LogP contribution is 2.29. The summed E-state index contributed by atoms with van der Waals surface area (Å²) in [4.78, 5) is 5.60. The summed E-state index contributed by atoms with van der Waals surface area (Å²) >= 11 is 1.80. The van der Waals surface area contributed by atoms with Crippen molar-refractivity contribution in [2.45, 2.75) is 45.1 Å². The van der Waals surface area contributed by atoms with E-state index < -0.39 is 0 Å². The minimum absolute atomic E-state index is 0.757. The molecule has 1 aliphatic rings. The Morgan fingerprint density at radius 1 is 1.53 bits per heavy atom. The van der Waals surface area contributed by atoms with E-state index in [9.17, 15) is 0 Å². The Bertz CT molecular complexity index is 271. The van der Waals surface area contributed by atoms with E-state index in [0.717, 1.165) is 12.0 Å². The first-order valence-electron chi connectivity index (χ1n) is 6.01. The Morgan fingerprint density at radius 3 is 3.20 bits per heavy atom. The predicted molar refractivity (Wildman–Crippen MR) is 65.2 cm³/mol. The van der Waals surface area contributed by atoms with Crippen LogP contribution < -0.4 is 5.32 Å². The van der Waals surface area contributed by atoms with Crippen LogP contribution in [0.3, 0.4) is 0 Å². The van der Waals surface area contributed by atoms with Crippen LogP contribution >= 0.6 is 11.3 Å². The van der Waals surface area contributed by atoms with Crippen LogP contribution in [0.4, 0.5) is 0 Å². The topological polar surface area (TPSA) is 24.9 Å². The van der Waals surface area contributed by atoms with E-state index in [4.69, 9.17) is 0 Å². The van der Waals surface area contributed by atoms with Crippen LogP contribution in [0, 0.1) is 5.92 Å². The van der Waals surface area contributed by atoms with Crippen LogP contribution in [-0.2, 0) is 6.42 Å². The maximum atomic E-state index is 4.15. The summed E-state index contributed by atoms with van der Waals surface area (Å²) in [5.74, 6) is 0.844. The van der Waals surface area contributed by atoms with Gasteiger partial charge in [0, 0.05) is 17.1 Å². The molecule has 1 fully saturated rings. The number of rotatable bonds is 5. The molecule has 15 heavy (non-hydrogen) atoms. The van der Waals surface area contributed by atoms with Crippen molar-refractivity contribution in [3.63, 3.8) is 0 Å². The van der Waals surface area contributed by atoms with Crippen LogP contribution in [0.25, 0.3) is 0 Å². The second-order valence-electron chi connectivity index (χ2n) is 4.42. The van der Waals surface area contributed by atoms with E-state index in [1.807, 2.05) is 11.7 Å². The number of hydrogen-bond donors (Lipinski definition) is 1. The molecule has 1 aromatic rings. The summed E-state index contributed by atoms with van der Waals surface area (Å²) in [6, 6.07) is 0.757. The van der Waals surface area contributed by atoms with Crippen LogP contribution in [-0.4, -0.2) is 17.6 Å². The van der Waals surface area contributed by atoms with Crippen LogP contribution in [0.2, 0.25) is 0 Å². The normalized spacial score (nSPS) is 25.9. The van der Waals surface area contributed by atoms with E-state index in [1.165, 1.54) is 43.5 Å². The van der Waals surface area contributed by atoms with Gasteiger partial charge < -0.3 is 5.32 Å². The third-order valence-corrected chi connectivity index (χ3v) is 4.06. The Morgan fingerprint density at radius 2 is 2.47 bits per heavy atom. The molecule has 1 saturated carbocycles. The zero-order chi connectivity index (χ0) is 10.5. The molecule has 2 nitrogen and oxygen atoms in total. The molecule has 0 radical (unpaired) electrons. The molecule has 2 rings (SSSR count). The lowest BCUT2D eigenvalue weighted by Gasteiger charge is -2.20. The molecule has 0 aliphatic heterocycles. The highest BCUT2D eigenvalue weighted by atomic mass is 32.1. The van der Waals surface area contributed by atoms with Crippen molar-refractivity contribution in [3.05, 3.63) is 16.6 Å². The van der Waals surface area contributed by atoms with Gasteiger partial charge in [0.25, 0.3) is 0 Å². The Hall–Kier alpha value is -0.410. The molecule has 0 spiro atoms. The lowest BCUT2D eigenvalue weighted by Crippen LogP contribution is -2.33. The van der Waals surface area contributed by atoms with Crippen molar-refractivity contribution in [2.24, 2.45) is 5.92 Å². The third kappa shape index (κ3) is 3.02. The second kappa shape index (κ2) is 5.61. The zero-order valence-electron chi connectivity index (χ0n) is 9.41. The van der Waals surface area contributed by atoms with Gasteiger partial charge in [0.05, 0.1) is 5.51 Å². The lowest BCUT2D eigenvalue weighted by molar-refractivity contribution is 0.400. The number of aromatic nitrogens is 1. The Labute approximate surface area is 96.1 Å². The molecule has 1 aromatic heterocycles. The monoisotopic (exact) mass is 224 g/mol. The fourth-order valence-electron chi connectivity index (χ4n) is 2.48.